The third kappa shape index (κ3) is 3.23. The minimum atomic E-state index is 0.390. The fraction of sp³-hybridized carbons (Fsp3) is 0.375. The number of hydrogen-bond donors (Lipinski definition) is 1. The monoisotopic (exact) mass is 243 g/mol. The lowest BCUT2D eigenvalue weighted by Gasteiger charge is -2.16. The Bertz CT molecular complexity index is 461. The van der Waals surface area contributed by atoms with Crippen LogP contribution in [-0.4, -0.2) is 0 Å². The average molecular weight is 243 g/mol. The summed E-state index contributed by atoms with van der Waals surface area (Å²) in [5, 5.41) is 3.55. The Morgan fingerprint density at radius 1 is 1.00 bits per heavy atom. The van der Waals surface area contributed by atoms with Crippen LogP contribution in [0.5, 0.6) is 0 Å². The van der Waals surface area contributed by atoms with E-state index >= 15 is 0 Å². The molecular weight excluding hydrogens is 222 g/mol. The summed E-state index contributed by atoms with van der Waals surface area (Å²) in [7, 11) is 0. The lowest BCUT2D eigenvalue weighted by Crippen LogP contribution is -2.19. The van der Waals surface area contributed by atoms with Crippen LogP contribution < -0.4 is 5.32 Å². The minimum absolute atomic E-state index is 0.390. The van der Waals surface area contributed by atoms with E-state index in [1.807, 2.05) is 0 Å². The number of aryl methyl sites for hydroxylation is 1. The van der Waals surface area contributed by atoms with Crippen LogP contribution in [0, 0.1) is 0 Å². The van der Waals surface area contributed by atoms with Gasteiger partial charge in [-0.1, -0.05) is 44.2 Å². The fourth-order valence-electron chi connectivity index (χ4n) is 2.11. The van der Waals surface area contributed by atoms with Gasteiger partial charge in [-0.15, -0.1) is 0 Å². The number of hydrogen-bond acceptors (Lipinski definition) is 2. The quantitative estimate of drug-likeness (QED) is 0.827. The van der Waals surface area contributed by atoms with E-state index in [-0.39, 0.29) is 0 Å². The highest BCUT2D eigenvalue weighted by molar-refractivity contribution is 5.19. The highest BCUT2D eigenvalue weighted by Crippen LogP contribution is 2.17. The fourth-order valence-corrected chi connectivity index (χ4v) is 2.11. The molecule has 0 aliphatic heterocycles. The zero-order valence-corrected chi connectivity index (χ0v) is 11.1. The van der Waals surface area contributed by atoms with Gasteiger partial charge in [0.15, 0.2) is 0 Å². The highest BCUT2D eigenvalue weighted by atomic mass is 16.3. The van der Waals surface area contributed by atoms with Gasteiger partial charge < -0.3 is 9.73 Å². The minimum Gasteiger partial charge on any atom is -0.465 e. The maximum Gasteiger partial charge on any atom is 0.117 e. The van der Waals surface area contributed by atoms with Crippen LogP contribution in [0.15, 0.2) is 46.9 Å². The Hall–Kier alpha value is -1.54. The molecule has 96 valence electrons. The zero-order valence-electron chi connectivity index (χ0n) is 11.1. The van der Waals surface area contributed by atoms with Crippen molar-refractivity contribution < 1.29 is 4.42 Å². The van der Waals surface area contributed by atoms with E-state index in [1.54, 1.807) is 0 Å². The van der Waals surface area contributed by atoms with Crippen molar-refractivity contribution in [2.24, 2.45) is 0 Å². The number of rotatable bonds is 6. The molecule has 1 atom stereocenters. The number of nitrogens with one attached hydrogen (secondary N) is 1. The molecule has 0 radical (unpaired) electrons. The summed E-state index contributed by atoms with van der Waals surface area (Å²) in [5.74, 6) is 2.07. The van der Waals surface area contributed by atoms with Gasteiger partial charge in [0.05, 0.1) is 6.54 Å². The lowest BCUT2D eigenvalue weighted by molar-refractivity contribution is 0.423. The van der Waals surface area contributed by atoms with E-state index < -0.39 is 0 Å². The smallest absolute Gasteiger partial charge is 0.117 e. The Morgan fingerprint density at radius 3 is 2.33 bits per heavy atom. The standard InChI is InChI=1S/C16H21NO/c1-3-14-10-11-15(18-14)12-17-16(4-2)13-8-6-5-7-9-13/h5-11,16-17H,3-4,12H2,1-2H3. The molecular formula is C16H21NO. The lowest BCUT2D eigenvalue weighted by atomic mass is 10.0. The van der Waals surface area contributed by atoms with E-state index in [9.17, 15) is 0 Å². The number of furan rings is 1. The van der Waals surface area contributed by atoms with Crippen LogP contribution in [0.1, 0.15) is 43.4 Å². The molecule has 18 heavy (non-hydrogen) atoms. The second kappa shape index (κ2) is 6.41. The first-order valence-electron chi connectivity index (χ1n) is 6.69. The Morgan fingerprint density at radius 2 is 1.72 bits per heavy atom. The van der Waals surface area contributed by atoms with Crippen molar-refractivity contribution in [3.8, 4) is 0 Å². The maximum absolute atomic E-state index is 5.70. The zero-order chi connectivity index (χ0) is 12.8. The molecule has 2 nitrogen and oxygen atoms in total. The average Bonchev–Trinajstić information content (AvgIpc) is 2.89. The first kappa shape index (κ1) is 12.9. The third-order valence-corrected chi connectivity index (χ3v) is 3.20. The van der Waals surface area contributed by atoms with Crippen molar-refractivity contribution in [3.63, 3.8) is 0 Å². The van der Waals surface area contributed by atoms with Gasteiger partial charge >= 0.3 is 0 Å². The molecule has 1 aromatic carbocycles. The molecule has 2 heteroatoms. The molecule has 0 saturated heterocycles. The van der Waals surface area contributed by atoms with Crippen LogP contribution >= 0.6 is 0 Å². The van der Waals surface area contributed by atoms with Crippen LogP contribution in [0.2, 0.25) is 0 Å². The Balaban J connectivity index is 1.95. The van der Waals surface area contributed by atoms with Crippen molar-refractivity contribution in [2.45, 2.75) is 39.3 Å². The van der Waals surface area contributed by atoms with Gasteiger partial charge in [-0.2, -0.15) is 0 Å². The van der Waals surface area contributed by atoms with E-state index in [4.69, 9.17) is 4.42 Å². The topological polar surface area (TPSA) is 25.2 Å². The maximum atomic E-state index is 5.70. The summed E-state index contributed by atoms with van der Waals surface area (Å²) in [5.41, 5.74) is 1.34. The summed E-state index contributed by atoms with van der Waals surface area (Å²) < 4.78 is 5.70. The SMILES string of the molecule is CCc1ccc(CNC(CC)c2ccccc2)o1. The van der Waals surface area contributed by atoms with Crippen LogP contribution in [-0.2, 0) is 13.0 Å². The van der Waals surface area contributed by atoms with Crippen molar-refractivity contribution in [1.29, 1.82) is 0 Å². The molecule has 0 spiro atoms. The van der Waals surface area contributed by atoms with E-state index in [0.717, 1.165) is 30.9 Å². The first-order valence-corrected chi connectivity index (χ1v) is 6.69. The molecule has 0 aliphatic rings. The number of benzene rings is 1. The largest absolute Gasteiger partial charge is 0.465 e. The van der Waals surface area contributed by atoms with Gasteiger partial charge in [0.25, 0.3) is 0 Å². The van der Waals surface area contributed by atoms with E-state index in [2.05, 4.69) is 61.6 Å². The molecule has 1 N–H and O–H groups in total. The van der Waals surface area contributed by atoms with Crippen molar-refractivity contribution in [1.82, 2.24) is 5.32 Å². The molecule has 0 fully saturated rings. The summed E-state index contributed by atoms with van der Waals surface area (Å²) in [6, 6.07) is 15.1. The summed E-state index contributed by atoms with van der Waals surface area (Å²) >= 11 is 0. The van der Waals surface area contributed by atoms with Gasteiger partial charge in [0, 0.05) is 12.5 Å². The predicted octanol–water partition coefficient (Wildman–Crippen LogP) is 4.08. The van der Waals surface area contributed by atoms with Gasteiger partial charge in [-0.3, -0.25) is 0 Å². The molecule has 1 aromatic heterocycles. The summed E-state index contributed by atoms with van der Waals surface area (Å²) in [4.78, 5) is 0. The molecule has 1 heterocycles. The van der Waals surface area contributed by atoms with Crippen LogP contribution in [0.3, 0.4) is 0 Å². The van der Waals surface area contributed by atoms with Crippen LogP contribution in [0.4, 0.5) is 0 Å². The van der Waals surface area contributed by atoms with E-state index in [0.29, 0.717) is 6.04 Å². The van der Waals surface area contributed by atoms with Gasteiger partial charge in [-0.25, -0.2) is 0 Å². The van der Waals surface area contributed by atoms with E-state index in [1.165, 1.54) is 5.56 Å². The van der Waals surface area contributed by atoms with Crippen molar-refractivity contribution in [3.05, 3.63) is 59.5 Å². The van der Waals surface area contributed by atoms with Gasteiger partial charge in [-0.05, 0) is 24.1 Å². The molecule has 0 aliphatic carbocycles. The molecule has 0 amide bonds. The second-order valence-electron chi connectivity index (χ2n) is 4.47. The predicted molar refractivity (Wildman–Crippen MR) is 74.4 cm³/mol. The molecule has 1 unspecified atom stereocenters. The molecule has 2 rings (SSSR count). The van der Waals surface area contributed by atoms with Gasteiger partial charge in [0.1, 0.15) is 11.5 Å². The third-order valence-electron chi connectivity index (χ3n) is 3.20. The summed E-state index contributed by atoms with van der Waals surface area (Å²) in [6.07, 6.45) is 2.03. The first-order chi connectivity index (χ1) is 8.83. The normalized spacial score (nSPS) is 12.6. The Labute approximate surface area is 109 Å². The molecule has 0 saturated carbocycles. The second-order valence-corrected chi connectivity index (χ2v) is 4.47. The Kier molecular flexibility index (Phi) is 4.59. The van der Waals surface area contributed by atoms with Gasteiger partial charge in [0.2, 0.25) is 0 Å². The van der Waals surface area contributed by atoms with Crippen molar-refractivity contribution >= 4 is 0 Å². The van der Waals surface area contributed by atoms with Crippen molar-refractivity contribution in [2.75, 3.05) is 0 Å². The highest BCUT2D eigenvalue weighted by Gasteiger charge is 2.09. The molecule has 0 bridgehead atoms. The summed E-state index contributed by atoms with van der Waals surface area (Å²) in [6.45, 7) is 5.09. The molecule has 2 aromatic rings. The van der Waals surface area contributed by atoms with Crippen LogP contribution in [0.25, 0.3) is 0 Å².